The summed E-state index contributed by atoms with van der Waals surface area (Å²) in [5.74, 6) is 0.856. The monoisotopic (exact) mass is 297 g/mol. The molecule has 1 aliphatic heterocycles. The molecule has 8 heteroatoms. The molecule has 1 saturated heterocycles. The summed E-state index contributed by atoms with van der Waals surface area (Å²) in [4.78, 5) is 14.5. The van der Waals surface area contributed by atoms with Crippen molar-refractivity contribution in [1.29, 1.82) is 0 Å². The number of β-amino-alcohol motifs (C(OH)–C–C–N with tert-alkyl or cyclic N) is 2. The SMILES string of the molecule is CCCNc1nc(OCCC)nc(N2CC(O)C(O)C2)n1. The molecule has 8 nitrogen and oxygen atoms in total. The largest absolute Gasteiger partial charge is 0.463 e. The van der Waals surface area contributed by atoms with Crippen LogP contribution in [-0.2, 0) is 0 Å². The zero-order chi connectivity index (χ0) is 15.2. The van der Waals surface area contributed by atoms with Crippen LogP contribution in [0.15, 0.2) is 0 Å². The molecule has 2 unspecified atom stereocenters. The molecule has 0 aromatic carbocycles. The highest BCUT2D eigenvalue weighted by Crippen LogP contribution is 2.20. The lowest BCUT2D eigenvalue weighted by Crippen LogP contribution is -2.24. The van der Waals surface area contributed by atoms with E-state index in [4.69, 9.17) is 4.74 Å². The normalized spacial score (nSPS) is 21.6. The van der Waals surface area contributed by atoms with Crippen molar-refractivity contribution < 1.29 is 14.9 Å². The second kappa shape index (κ2) is 7.37. The van der Waals surface area contributed by atoms with Gasteiger partial charge in [-0.3, -0.25) is 0 Å². The smallest absolute Gasteiger partial charge is 0.323 e. The molecule has 2 heterocycles. The average Bonchev–Trinajstić information content (AvgIpc) is 2.82. The first-order valence-corrected chi connectivity index (χ1v) is 7.37. The molecular formula is C13H23N5O3. The summed E-state index contributed by atoms with van der Waals surface area (Å²) in [5.41, 5.74) is 0. The lowest BCUT2D eigenvalue weighted by Gasteiger charge is -2.16. The molecule has 2 rings (SSSR count). The fourth-order valence-electron chi connectivity index (χ4n) is 1.99. The number of rotatable bonds is 7. The van der Waals surface area contributed by atoms with Gasteiger partial charge >= 0.3 is 6.01 Å². The maximum absolute atomic E-state index is 9.64. The van der Waals surface area contributed by atoms with Gasteiger partial charge in [-0.2, -0.15) is 15.0 Å². The van der Waals surface area contributed by atoms with Crippen molar-refractivity contribution in [3.8, 4) is 6.01 Å². The van der Waals surface area contributed by atoms with Crippen molar-refractivity contribution in [1.82, 2.24) is 15.0 Å². The van der Waals surface area contributed by atoms with Crippen LogP contribution < -0.4 is 15.0 Å². The van der Waals surface area contributed by atoms with E-state index in [1.807, 2.05) is 6.92 Å². The fourth-order valence-corrected chi connectivity index (χ4v) is 1.99. The molecule has 3 N–H and O–H groups in total. The number of aliphatic hydroxyl groups is 2. The molecule has 1 aromatic heterocycles. The van der Waals surface area contributed by atoms with Gasteiger partial charge in [0.05, 0.1) is 18.8 Å². The summed E-state index contributed by atoms with van der Waals surface area (Å²) in [6.07, 6.45) is 0.246. The highest BCUT2D eigenvalue weighted by atomic mass is 16.5. The first-order valence-electron chi connectivity index (χ1n) is 7.37. The number of ether oxygens (including phenoxy) is 1. The van der Waals surface area contributed by atoms with Crippen molar-refractivity contribution >= 4 is 11.9 Å². The average molecular weight is 297 g/mol. The molecule has 1 fully saturated rings. The summed E-state index contributed by atoms with van der Waals surface area (Å²) < 4.78 is 5.48. The Kier molecular flexibility index (Phi) is 5.51. The van der Waals surface area contributed by atoms with Crippen molar-refractivity contribution in [2.24, 2.45) is 0 Å². The number of hydrogen-bond acceptors (Lipinski definition) is 8. The second-order valence-corrected chi connectivity index (χ2v) is 5.06. The van der Waals surface area contributed by atoms with Crippen molar-refractivity contribution in [2.45, 2.75) is 38.9 Å². The second-order valence-electron chi connectivity index (χ2n) is 5.06. The topological polar surface area (TPSA) is 104 Å². The van der Waals surface area contributed by atoms with E-state index in [1.165, 1.54) is 0 Å². The Morgan fingerprint density at radius 1 is 1.14 bits per heavy atom. The van der Waals surface area contributed by atoms with Crippen LogP contribution >= 0.6 is 0 Å². The lowest BCUT2D eigenvalue weighted by molar-refractivity contribution is 0.0572. The number of nitrogens with zero attached hydrogens (tertiary/aromatic N) is 4. The minimum absolute atomic E-state index is 0.260. The highest BCUT2D eigenvalue weighted by Gasteiger charge is 2.31. The van der Waals surface area contributed by atoms with Crippen molar-refractivity contribution in [3.63, 3.8) is 0 Å². The zero-order valence-electron chi connectivity index (χ0n) is 12.5. The molecule has 0 radical (unpaired) electrons. The third kappa shape index (κ3) is 4.15. The predicted octanol–water partition coefficient (Wildman–Crippen LogP) is 0.0241. The molecule has 0 amide bonds. The third-order valence-electron chi connectivity index (χ3n) is 3.11. The number of nitrogens with one attached hydrogen (secondary N) is 1. The predicted molar refractivity (Wildman–Crippen MR) is 78.6 cm³/mol. The number of hydrogen-bond donors (Lipinski definition) is 3. The molecule has 1 aliphatic rings. The van der Waals surface area contributed by atoms with Gasteiger partial charge in [0.1, 0.15) is 0 Å². The molecule has 0 bridgehead atoms. The van der Waals surface area contributed by atoms with E-state index in [2.05, 4.69) is 27.2 Å². The first-order chi connectivity index (χ1) is 10.1. The third-order valence-corrected chi connectivity index (χ3v) is 3.11. The van der Waals surface area contributed by atoms with Gasteiger partial charge in [-0.05, 0) is 12.8 Å². The summed E-state index contributed by atoms with van der Waals surface area (Å²) in [7, 11) is 0. The quantitative estimate of drug-likeness (QED) is 0.647. The summed E-state index contributed by atoms with van der Waals surface area (Å²) in [6, 6.07) is 0.260. The molecular weight excluding hydrogens is 274 g/mol. The molecule has 118 valence electrons. The van der Waals surface area contributed by atoms with Crippen LogP contribution in [0, 0.1) is 0 Å². The highest BCUT2D eigenvalue weighted by molar-refractivity contribution is 5.40. The Morgan fingerprint density at radius 2 is 1.86 bits per heavy atom. The van der Waals surface area contributed by atoms with Gasteiger partial charge in [0, 0.05) is 19.6 Å². The standard InChI is InChI=1S/C13H23N5O3/c1-3-5-14-11-15-12(17-13(16-11)21-6-4-2)18-7-9(19)10(20)8-18/h9-10,19-20H,3-8H2,1-2H3,(H,14,15,16,17). The minimum atomic E-state index is -0.783. The van der Waals surface area contributed by atoms with Gasteiger partial charge in [-0.1, -0.05) is 13.8 Å². The van der Waals surface area contributed by atoms with Gasteiger partial charge in [0.25, 0.3) is 0 Å². The van der Waals surface area contributed by atoms with Crippen LogP contribution in [0.5, 0.6) is 6.01 Å². The number of aliphatic hydroxyl groups excluding tert-OH is 2. The van der Waals surface area contributed by atoms with Gasteiger partial charge in [0.15, 0.2) is 0 Å². The fraction of sp³-hybridized carbons (Fsp3) is 0.769. The molecule has 1 aromatic rings. The Hall–Kier alpha value is -1.67. The maximum Gasteiger partial charge on any atom is 0.323 e. The summed E-state index contributed by atoms with van der Waals surface area (Å²) >= 11 is 0. The van der Waals surface area contributed by atoms with Gasteiger partial charge < -0.3 is 25.2 Å². The Morgan fingerprint density at radius 3 is 2.48 bits per heavy atom. The van der Waals surface area contributed by atoms with Crippen molar-refractivity contribution in [3.05, 3.63) is 0 Å². The van der Waals surface area contributed by atoms with Crippen LogP contribution in [0.1, 0.15) is 26.7 Å². The first kappa shape index (κ1) is 15.7. The van der Waals surface area contributed by atoms with Crippen LogP contribution in [0.25, 0.3) is 0 Å². The number of anilines is 2. The molecule has 0 spiro atoms. The van der Waals surface area contributed by atoms with E-state index in [-0.39, 0.29) is 6.01 Å². The van der Waals surface area contributed by atoms with Crippen LogP contribution in [0.2, 0.25) is 0 Å². The van der Waals surface area contributed by atoms with Crippen LogP contribution in [-0.4, -0.2) is 63.6 Å². The van der Waals surface area contributed by atoms with E-state index >= 15 is 0 Å². The van der Waals surface area contributed by atoms with E-state index in [9.17, 15) is 10.2 Å². The Bertz CT molecular complexity index is 423. The van der Waals surface area contributed by atoms with Crippen LogP contribution in [0.3, 0.4) is 0 Å². The van der Waals surface area contributed by atoms with E-state index in [1.54, 1.807) is 4.90 Å². The minimum Gasteiger partial charge on any atom is -0.463 e. The van der Waals surface area contributed by atoms with E-state index in [0.29, 0.717) is 31.6 Å². The lowest BCUT2D eigenvalue weighted by atomic mass is 10.3. The maximum atomic E-state index is 9.64. The van der Waals surface area contributed by atoms with Crippen molar-refractivity contribution in [2.75, 3.05) is 36.5 Å². The Labute approximate surface area is 124 Å². The van der Waals surface area contributed by atoms with Crippen LogP contribution in [0.4, 0.5) is 11.9 Å². The van der Waals surface area contributed by atoms with E-state index in [0.717, 1.165) is 19.4 Å². The number of aromatic nitrogens is 3. The van der Waals surface area contributed by atoms with Gasteiger partial charge in [0.2, 0.25) is 11.9 Å². The summed E-state index contributed by atoms with van der Waals surface area (Å²) in [6.45, 7) is 5.93. The molecule has 0 aliphatic carbocycles. The molecule has 21 heavy (non-hydrogen) atoms. The molecule has 0 saturated carbocycles. The van der Waals surface area contributed by atoms with Gasteiger partial charge in [-0.25, -0.2) is 0 Å². The van der Waals surface area contributed by atoms with Gasteiger partial charge in [-0.15, -0.1) is 0 Å². The Balaban J connectivity index is 2.18. The zero-order valence-corrected chi connectivity index (χ0v) is 12.5. The summed E-state index contributed by atoms with van der Waals surface area (Å²) in [5, 5.41) is 22.4. The molecule has 2 atom stereocenters. The van der Waals surface area contributed by atoms with E-state index < -0.39 is 12.2 Å².